The molecule has 0 radical (unpaired) electrons. The Balaban J connectivity index is 1.54. The molecule has 0 bridgehead atoms. The van der Waals surface area contributed by atoms with Crippen molar-refractivity contribution in [2.75, 3.05) is 31.6 Å². The monoisotopic (exact) mass is 509 g/mol. The Bertz CT molecular complexity index is 1300. The Labute approximate surface area is 214 Å². The number of amides is 3. The minimum Gasteiger partial charge on any atom is -0.449 e. The van der Waals surface area contributed by atoms with E-state index in [1.807, 2.05) is 19.1 Å². The van der Waals surface area contributed by atoms with Gasteiger partial charge in [0.15, 0.2) is 0 Å². The number of ether oxygens (including phenoxy) is 1. The Morgan fingerprint density at radius 3 is 2.56 bits per heavy atom. The van der Waals surface area contributed by atoms with Crippen LogP contribution in [0.2, 0.25) is 5.02 Å². The van der Waals surface area contributed by atoms with Crippen molar-refractivity contribution in [2.24, 2.45) is 5.73 Å². The molecular formula is C26H28ClN5O4. The SMILES string of the molecule is CCCOC(=O)N1CCN(C(=O)c2ccc3c(Cl)cc(-c4ccc(NC(C)=O)cc4)nc3c2)C[C@H]1N. The third kappa shape index (κ3) is 5.58. The second kappa shape index (κ2) is 10.9. The molecule has 4 rings (SSSR count). The number of pyridine rings is 1. The molecular weight excluding hydrogens is 482 g/mol. The van der Waals surface area contributed by atoms with Gasteiger partial charge in [-0.25, -0.2) is 9.78 Å². The van der Waals surface area contributed by atoms with Crippen molar-refractivity contribution < 1.29 is 19.1 Å². The molecule has 2 aromatic carbocycles. The molecule has 1 saturated heterocycles. The van der Waals surface area contributed by atoms with Gasteiger partial charge in [-0.3, -0.25) is 14.5 Å². The highest BCUT2D eigenvalue weighted by atomic mass is 35.5. The standard InChI is InChI=1S/C26H28ClN5O4/c1-3-12-36-26(35)32-11-10-31(15-24(32)28)25(34)18-6-9-20-21(27)14-22(30-23(20)13-18)17-4-7-19(8-5-17)29-16(2)33/h4-9,13-14,24H,3,10-12,15,28H2,1-2H3,(H,29,33)/t24-/m0/s1. The van der Waals surface area contributed by atoms with Crippen molar-refractivity contribution in [3.63, 3.8) is 0 Å². The van der Waals surface area contributed by atoms with Gasteiger partial charge in [-0.1, -0.05) is 36.7 Å². The van der Waals surface area contributed by atoms with E-state index in [4.69, 9.17) is 27.1 Å². The molecule has 0 aliphatic carbocycles. The van der Waals surface area contributed by atoms with Gasteiger partial charge in [-0.15, -0.1) is 0 Å². The molecule has 0 saturated carbocycles. The van der Waals surface area contributed by atoms with Gasteiger partial charge in [-0.2, -0.15) is 0 Å². The van der Waals surface area contributed by atoms with Crippen LogP contribution in [0.15, 0.2) is 48.5 Å². The predicted molar refractivity (Wildman–Crippen MR) is 139 cm³/mol. The van der Waals surface area contributed by atoms with E-state index in [0.717, 1.165) is 17.4 Å². The number of fused-ring (bicyclic) bond motifs is 1. The van der Waals surface area contributed by atoms with E-state index in [2.05, 4.69) is 5.32 Å². The molecule has 3 amide bonds. The summed E-state index contributed by atoms with van der Waals surface area (Å²) in [6, 6.07) is 14.2. The van der Waals surface area contributed by atoms with Crippen LogP contribution in [0.5, 0.6) is 0 Å². The van der Waals surface area contributed by atoms with Gasteiger partial charge in [-0.05, 0) is 36.8 Å². The summed E-state index contributed by atoms with van der Waals surface area (Å²) in [7, 11) is 0. The second-order valence-electron chi connectivity index (χ2n) is 8.61. The highest BCUT2D eigenvalue weighted by Gasteiger charge is 2.31. The highest BCUT2D eigenvalue weighted by Crippen LogP contribution is 2.30. The van der Waals surface area contributed by atoms with E-state index in [0.29, 0.717) is 47.2 Å². The summed E-state index contributed by atoms with van der Waals surface area (Å²) in [5.41, 5.74) is 9.36. The van der Waals surface area contributed by atoms with Crippen LogP contribution >= 0.6 is 11.6 Å². The van der Waals surface area contributed by atoms with Crippen LogP contribution in [0.3, 0.4) is 0 Å². The molecule has 3 aromatic rings. The van der Waals surface area contributed by atoms with Crippen LogP contribution in [0.4, 0.5) is 10.5 Å². The fraction of sp³-hybridized carbons (Fsp3) is 0.308. The van der Waals surface area contributed by atoms with Crippen LogP contribution in [-0.2, 0) is 9.53 Å². The number of halogens is 1. The zero-order chi connectivity index (χ0) is 25.8. The first-order chi connectivity index (χ1) is 17.3. The van der Waals surface area contributed by atoms with Crippen LogP contribution in [0.1, 0.15) is 30.6 Å². The average molecular weight is 510 g/mol. The van der Waals surface area contributed by atoms with Crippen molar-refractivity contribution in [3.8, 4) is 11.3 Å². The number of aromatic nitrogens is 1. The zero-order valence-corrected chi connectivity index (χ0v) is 20.9. The van der Waals surface area contributed by atoms with Crippen LogP contribution < -0.4 is 11.1 Å². The zero-order valence-electron chi connectivity index (χ0n) is 20.2. The molecule has 0 spiro atoms. The third-order valence-corrected chi connectivity index (χ3v) is 6.19. The molecule has 36 heavy (non-hydrogen) atoms. The number of anilines is 1. The number of carbonyl (C=O) groups excluding carboxylic acids is 3. The average Bonchev–Trinajstić information content (AvgIpc) is 2.86. The Morgan fingerprint density at radius 2 is 1.89 bits per heavy atom. The summed E-state index contributed by atoms with van der Waals surface area (Å²) >= 11 is 6.54. The van der Waals surface area contributed by atoms with Gasteiger partial charge in [0.2, 0.25) is 5.91 Å². The molecule has 188 valence electrons. The number of nitrogens with zero attached hydrogens (tertiary/aromatic N) is 3. The summed E-state index contributed by atoms with van der Waals surface area (Å²) in [6.07, 6.45) is -0.380. The van der Waals surface area contributed by atoms with Gasteiger partial charge in [0.25, 0.3) is 5.91 Å². The molecule has 0 unspecified atom stereocenters. The maximum absolute atomic E-state index is 13.2. The molecule has 9 nitrogen and oxygen atoms in total. The quantitative estimate of drug-likeness (QED) is 0.534. The molecule has 2 heterocycles. The van der Waals surface area contributed by atoms with Crippen molar-refractivity contribution in [3.05, 3.63) is 59.1 Å². The largest absolute Gasteiger partial charge is 0.449 e. The number of nitrogens with two attached hydrogens (primary N) is 1. The first kappa shape index (κ1) is 25.4. The van der Waals surface area contributed by atoms with E-state index < -0.39 is 12.3 Å². The van der Waals surface area contributed by atoms with Gasteiger partial charge in [0, 0.05) is 42.2 Å². The summed E-state index contributed by atoms with van der Waals surface area (Å²) < 4.78 is 5.18. The smallest absolute Gasteiger partial charge is 0.411 e. The lowest BCUT2D eigenvalue weighted by Crippen LogP contribution is -2.60. The van der Waals surface area contributed by atoms with Gasteiger partial charge in [0.05, 0.1) is 29.4 Å². The minimum absolute atomic E-state index is 0.148. The van der Waals surface area contributed by atoms with Crippen molar-refractivity contribution in [1.82, 2.24) is 14.8 Å². The maximum atomic E-state index is 13.2. The van der Waals surface area contributed by atoms with Gasteiger partial charge >= 0.3 is 6.09 Å². The molecule has 1 aromatic heterocycles. The lowest BCUT2D eigenvalue weighted by atomic mass is 10.1. The molecule has 1 aliphatic rings. The number of rotatable bonds is 5. The third-order valence-electron chi connectivity index (χ3n) is 5.88. The Hall–Kier alpha value is -3.69. The summed E-state index contributed by atoms with van der Waals surface area (Å²) in [4.78, 5) is 44.5. The van der Waals surface area contributed by atoms with Crippen molar-refractivity contribution in [2.45, 2.75) is 26.4 Å². The van der Waals surface area contributed by atoms with Gasteiger partial charge < -0.3 is 20.7 Å². The lowest BCUT2D eigenvalue weighted by Gasteiger charge is -2.38. The van der Waals surface area contributed by atoms with Crippen molar-refractivity contribution >= 4 is 46.1 Å². The van der Waals surface area contributed by atoms with E-state index in [9.17, 15) is 14.4 Å². The topological polar surface area (TPSA) is 118 Å². The van der Waals surface area contributed by atoms with Crippen LogP contribution in [0.25, 0.3) is 22.2 Å². The molecule has 1 aliphatic heterocycles. The normalized spacial score (nSPS) is 15.6. The summed E-state index contributed by atoms with van der Waals surface area (Å²) in [5.74, 6) is -0.345. The fourth-order valence-electron chi connectivity index (χ4n) is 4.07. The molecule has 1 atom stereocenters. The first-order valence-corrected chi connectivity index (χ1v) is 12.1. The van der Waals surface area contributed by atoms with Gasteiger partial charge in [0.1, 0.15) is 6.17 Å². The first-order valence-electron chi connectivity index (χ1n) is 11.7. The molecule has 1 fully saturated rings. The molecule has 3 N–H and O–H groups in total. The number of hydrogen-bond donors (Lipinski definition) is 2. The predicted octanol–water partition coefficient (Wildman–Crippen LogP) is 4.10. The number of hydrogen-bond acceptors (Lipinski definition) is 6. The minimum atomic E-state index is -0.646. The van der Waals surface area contributed by atoms with Crippen molar-refractivity contribution in [1.29, 1.82) is 0 Å². The number of piperazine rings is 1. The van der Waals surface area contributed by atoms with Crippen LogP contribution in [-0.4, -0.2) is 65.1 Å². The highest BCUT2D eigenvalue weighted by molar-refractivity contribution is 6.35. The maximum Gasteiger partial charge on any atom is 0.411 e. The summed E-state index contributed by atoms with van der Waals surface area (Å²) in [6.45, 7) is 4.55. The lowest BCUT2D eigenvalue weighted by molar-refractivity contribution is -0.114. The second-order valence-corrected chi connectivity index (χ2v) is 9.01. The molecule has 10 heteroatoms. The van der Waals surface area contributed by atoms with E-state index in [1.165, 1.54) is 11.8 Å². The number of benzene rings is 2. The number of nitrogens with one attached hydrogen (secondary N) is 1. The Kier molecular flexibility index (Phi) is 7.71. The van der Waals surface area contributed by atoms with E-state index in [-0.39, 0.29) is 18.4 Å². The Morgan fingerprint density at radius 1 is 1.14 bits per heavy atom. The van der Waals surface area contributed by atoms with E-state index >= 15 is 0 Å². The van der Waals surface area contributed by atoms with Crippen LogP contribution in [0, 0.1) is 0 Å². The fourth-order valence-corrected chi connectivity index (χ4v) is 4.33. The van der Waals surface area contributed by atoms with E-state index in [1.54, 1.807) is 41.3 Å². The summed E-state index contributed by atoms with van der Waals surface area (Å²) in [5, 5.41) is 3.97. The number of carbonyl (C=O) groups is 3.